The van der Waals surface area contributed by atoms with Crippen LogP contribution >= 0.6 is 0 Å². The van der Waals surface area contributed by atoms with E-state index >= 15 is 0 Å². The lowest BCUT2D eigenvalue weighted by Gasteiger charge is -2.52. The number of aliphatic hydroxyl groups is 1. The van der Waals surface area contributed by atoms with Crippen LogP contribution in [0, 0.1) is 0 Å². The number of carbonyl (C=O) groups excluding carboxylic acids is 1. The Morgan fingerprint density at radius 3 is 2.92 bits per heavy atom. The largest absolute Gasteiger partial charge is 0.497 e. The lowest BCUT2D eigenvalue weighted by atomic mass is 9.73. The molecule has 0 unspecified atom stereocenters. The Balaban J connectivity index is 1.78. The van der Waals surface area contributed by atoms with Gasteiger partial charge in [0.15, 0.2) is 0 Å². The van der Waals surface area contributed by atoms with E-state index in [1.165, 1.54) is 6.20 Å². The van der Waals surface area contributed by atoms with Crippen molar-refractivity contribution in [1.29, 1.82) is 0 Å². The van der Waals surface area contributed by atoms with Crippen LogP contribution in [0.1, 0.15) is 36.7 Å². The Labute approximate surface area is 141 Å². The van der Waals surface area contributed by atoms with Crippen molar-refractivity contribution < 1.29 is 19.4 Å². The third-order valence-corrected chi connectivity index (χ3v) is 5.16. The van der Waals surface area contributed by atoms with E-state index in [0.717, 1.165) is 25.9 Å². The van der Waals surface area contributed by atoms with Crippen molar-refractivity contribution in [3.8, 4) is 5.75 Å². The highest BCUT2D eigenvalue weighted by molar-refractivity contribution is 5.93. The summed E-state index contributed by atoms with van der Waals surface area (Å²) in [6, 6.07) is 3.27. The Kier molecular flexibility index (Phi) is 4.76. The lowest BCUT2D eigenvalue weighted by molar-refractivity contribution is -0.197. The van der Waals surface area contributed by atoms with E-state index in [4.69, 9.17) is 9.47 Å². The van der Waals surface area contributed by atoms with E-state index in [-0.39, 0.29) is 11.6 Å². The molecule has 1 aromatic heterocycles. The summed E-state index contributed by atoms with van der Waals surface area (Å²) in [6.45, 7) is 4.00. The number of nitrogens with one attached hydrogen (secondary N) is 2. The van der Waals surface area contributed by atoms with Gasteiger partial charge in [-0.05, 0) is 45.3 Å². The normalized spacial score (nSPS) is 29.2. The van der Waals surface area contributed by atoms with Crippen molar-refractivity contribution in [2.24, 2.45) is 0 Å². The standard InChI is InChI=1S/C17H25N3O4/c1-16(20-14(21)13-11-12(23-2)3-7-19-13)6-10-24-17(15(16)22)4-8-18-9-5-17/h3,7,11,15,18,22H,4-6,8-10H2,1-2H3,(H,20,21)/t15-,16+/m0/s1. The van der Waals surface area contributed by atoms with Gasteiger partial charge in [0.2, 0.25) is 0 Å². The molecule has 7 nitrogen and oxygen atoms in total. The fourth-order valence-electron chi connectivity index (χ4n) is 3.65. The van der Waals surface area contributed by atoms with E-state index in [1.54, 1.807) is 19.2 Å². The van der Waals surface area contributed by atoms with Crippen molar-refractivity contribution in [3.05, 3.63) is 24.0 Å². The van der Waals surface area contributed by atoms with Crippen LogP contribution in [0.2, 0.25) is 0 Å². The summed E-state index contributed by atoms with van der Waals surface area (Å²) < 4.78 is 11.1. The molecule has 1 amide bonds. The van der Waals surface area contributed by atoms with Crippen molar-refractivity contribution in [2.75, 3.05) is 26.8 Å². The minimum atomic E-state index is -0.768. The Hall–Kier alpha value is -1.70. The number of aromatic nitrogens is 1. The van der Waals surface area contributed by atoms with E-state index in [0.29, 0.717) is 18.8 Å². The maximum atomic E-state index is 12.6. The van der Waals surface area contributed by atoms with Crippen LogP contribution in [-0.4, -0.2) is 60.0 Å². The van der Waals surface area contributed by atoms with Crippen LogP contribution in [0.4, 0.5) is 0 Å². The van der Waals surface area contributed by atoms with Crippen molar-refractivity contribution >= 4 is 5.91 Å². The molecule has 3 heterocycles. The number of piperidine rings is 1. The maximum absolute atomic E-state index is 12.6. The Bertz CT molecular complexity index is 598. The van der Waals surface area contributed by atoms with Gasteiger partial charge in [-0.3, -0.25) is 9.78 Å². The number of ether oxygens (including phenoxy) is 2. The van der Waals surface area contributed by atoms with E-state index < -0.39 is 17.2 Å². The molecule has 2 fully saturated rings. The first-order valence-corrected chi connectivity index (χ1v) is 8.34. The van der Waals surface area contributed by atoms with E-state index in [2.05, 4.69) is 15.6 Å². The summed E-state index contributed by atoms with van der Waals surface area (Å²) in [6.07, 6.45) is 2.79. The number of rotatable bonds is 3. The zero-order valence-electron chi connectivity index (χ0n) is 14.2. The fourth-order valence-corrected chi connectivity index (χ4v) is 3.65. The van der Waals surface area contributed by atoms with Gasteiger partial charge in [-0.1, -0.05) is 0 Å². The summed E-state index contributed by atoms with van der Waals surface area (Å²) in [4.78, 5) is 16.7. The maximum Gasteiger partial charge on any atom is 0.270 e. The molecule has 1 aromatic rings. The number of pyridine rings is 1. The van der Waals surface area contributed by atoms with Crippen molar-refractivity contribution in [2.45, 2.75) is 43.4 Å². The number of methoxy groups -OCH3 is 1. The molecule has 0 radical (unpaired) electrons. The lowest BCUT2D eigenvalue weighted by Crippen LogP contribution is -2.69. The van der Waals surface area contributed by atoms with Gasteiger partial charge >= 0.3 is 0 Å². The van der Waals surface area contributed by atoms with Gasteiger partial charge in [0.05, 0.1) is 18.2 Å². The molecule has 2 aliphatic rings. The van der Waals surface area contributed by atoms with Gasteiger partial charge in [-0.2, -0.15) is 0 Å². The highest BCUT2D eigenvalue weighted by Gasteiger charge is 2.53. The second-order valence-corrected chi connectivity index (χ2v) is 6.77. The number of carbonyl (C=O) groups is 1. The highest BCUT2D eigenvalue weighted by atomic mass is 16.5. The average Bonchev–Trinajstić information content (AvgIpc) is 2.61. The molecule has 7 heteroatoms. The molecule has 0 aromatic carbocycles. The number of amides is 1. The van der Waals surface area contributed by atoms with Crippen LogP contribution in [-0.2, 0) is 4.74 Å². The number of hydrogen-bond donors (Lipinski definition) is 3. The molecule has 24 heavy (non-hydrogen) atoms. The SMILES string of the molecule is COc1ccnc(C(=O)N[C@]2(C)CCOC3(CCNCC3)[C@H]2O)c1. The molecule has 0 bridgehead atoms. The number of hydrogen-bond acceptors (Lipinski definition) is 6. The summed E-state index contributed by atoms with van der Waals surface area (Å²) in [5.74, 6) is 0.254. The van der Waals surface area contributed by atoms with Crippen LogP contribution in [0.3, 0.4) is 0 Å². The van der Waals surface area contributed by atoms with Crippen molar-refractivity contribution in [3.63, 3.8) is 0 Å². The Morgan fingerprint density at radius 2 is 2.21 bits per heavy atom. The van der Waals surface area contributed by atoms with Gasteiger partial charge in [-0.25, -0.2) is 0 Å². The smallest absolute Gasteiger partial charge is 0.270 e. The molecule has 132 valence electrons. The van der Waals surface area contributed by atoms with Crippen LogP contribution in [0.5, 0.6) is 5.75 Å². The first-order chi connectivity index (χ1) is 11.5. The first kappa shape index (κ1) is 17.1. The monoisotopic (exact) mass is 335 g/mol. The average molecular weight is 335 g/mol. The molecule has 2 aliphatic heterocycles. The van der Waals surface area contributed by atoms with Crippen LogP contribution < -0.4 is 15.4 Å². The molecular formula is C17H25N3O4. The topological polar surface area (TPSA) is 92.7 Å². The zero-order valence-corrected chi connectivity index (χ0v) is 14.2. The predicted molar refractivity (Wildman–Crippen MR) is 88.1 cm³/mol. The van der Waals surface area contributed by atoms with E-state index in [9.17, 15) is 9.90 Å². The molecule has 2 atom stereocenters. The second kappa shape index (κ2) is 6.66. The van der Waals surface area contributed by atoms with Gasteiger partial charge < -0.3 is 25.2 Å². The molecule has 1 spiro atoms. The summed E-state index contributed by atoms with van der Waals surface area (Å²) in [5.41, 5.74) is -1.07. The van der Waals surface area contributed by atoms with Crippen LogP contribution in [0.25, 0.3) is 0 Å². The first-order valence-electron chi connectivity index (χ1n) is 8.34. The van der Waals surface area contributed by atoms with Crippen LogP contribution in [0.15, 0.2) is 18.3 Å². The minimum Gasteiger partial charge on any atom is -0.497 e. The van der Waals surface area contributed by atoms with Gasteiger partial charge in [-0.15, -0.1) is 0 Å². The van der Waals surface area contributed by atoms with E-state index in [1.807, 2.05) is 6.92 Å². The third-order valence-electron chi connectivity index (χ3n) is 5.16. The number of nitrogens with zero attached hydrogens (tertiary/aromatic N) is 1. The molecule has 3 rings (SSSR count). The zero-order chi connectivity index (χ0) is 17.2. The summed E-state index contributed by atoms with van der Waals surface area (Å²) in [7, 11) is 1.54. The molecule has 3 N–H and O–H groups in total. The van der Waals surface area contributed by atoms with Gasteiger partial charge in [0.1, 0.15) is 17.5 Å². The summed E-state index contributed by atoms with van der Waals surface area (Å²) in [5, 5.41) is 17.2. The molecular weight excluding hydrogens is 310 g/mol. The molecule has 2 saturated heterocycles. The molecule has 0 saturated carbocycles. The number of aliphatic hydroxyl groups excluding tert-OH is 1. The summed E-state index contributed by atoms with van der Waals surface area (Å²) >= 11 is 0. The van der Waals surface area contributed by atoms with Gasteiger partial charge in [0, 0.05) is 18.9 Å². The Morgan fingerprint density at radius 1 is 1.46 bits per heavy atom. The highest BCUT2D eigenvalue weighted by Crippen LogP contribution is 2.38. The predicted octanol–water partition coefficient (Wildman–Crippen LogP) is 0.482. The third kappa shape index (κ3) is 3.11. The van der Waals surface area contributed by atoms with Gasteiger partial charge in [0.25, 0.3) is 5.91 Å². The minimum absolute atomic E-state index is 0.272. The van der Waals surface area contributed by atoms with Crippen molar-refractivity contribution in [1.82, 2.24) is 15.6 Å². The fraction of sp³-hybridized carbons (Fsp3) is 0.647. The molecule has 0 aliphatic carbocycles. The second-order valence-electron chi connectivity index (χ2n) is 6.77. The quantitative estimate of drug-likeness (QED) is 0.744.